The molecule has 532 valence electrons. The molecule has 3 aliphatic rings. The van der Waals surface area contributed by atoms with Crippen LogP contribution in [0.5, 0.6) is 0 Å². The minimum atomic E-state index is -0.766. The molecule has 6 aromatic carbocycles. The second-order valence-corrected chi connectivity index (χ2v) is 29.5. The second kappa shape index (κ2) is 32.4. The van der Waals surface area contributed by atoms with Gasteiger partial charge in [-0.25, -0.2) is 34.7 Å². The number of likely N-dealkylation sites (tertiary alicyclic amines) is 3. The number of methoxy groups -OCH3 is 1. The molecule has 9 N–H and O–H groups in total. The number of aromatic nitrogens is 9. The van der Waals surface area contributed by atoms with Crippen LogP contribution in [-0.2, 0) is 58.4 Å². The molecule has 103 heavy (non-hydrogen) atoms. The monoisotopic (exact) mass is 1500 g/mol. The summed E-state index contributed by atoms with van der Waals surface area (Å²) in [6.07, 6.45) is -0.580. The number of hydrogen-bond donors (Lipinski definition) is 9. The zero-order chi connectivity index (χ0) is 72.0. The fourth-order valence-electron chi connectivity index (χ4n) is 12.9. The van der Waals surface area contributed by atoms with Crippen LogP contribution in [0.1, 0.15) is 80.9 Å². The first-order chi connectivity index (χ1) is 49.7. The van der Waals surface area contributed by atoms with E-state index >= 15 is 0 Å². The number of halogens is 3. The van der Waals surface area contributed by atoms with Crippen molar-refractivity contribution in [2.24, 2.45) is 0 Å². The summed E-state index contributed by atoms with van der Waals surface area (Å²) in [6, 6.07) is 35.8. The number of imidazole rings is 3. The Bertz CT molecular complexity index is 5000. The summed E-state index contributed by atoms with van der Waals surface area (Å²) in [4.78, 5) is 94.2. The summed E-state index contributed by atoms with van der Waals surface area (Å²) in [5.74, 6) is 0.821. The zero-order valence-electron chi connectivity index (χ0n) is 56.5. The van der Waals surface area contributed by atoms with Crippen LogP contribution < -0.4 is 16.0 Å². The number of esters is 1. The molecule has 3 amide bonds. The Morgan fingerprint density at radius 2 is 0.864 bits per heavy atom. The van der Waals surface area contributed by atoms with Gasteiger partial charge in [0.15, 0.2) is 0 Å². The van der Waals surface area contributed by atoms with Crippen molar-refractivity contribution < 1.29 is 39.2 Å². The molecule has 0 saturated carbocycles. The molecule has 3 fully saturated rings. The normalized spacial score (nSPS) is 18.4. The van der Waals surface area contributed by atoms with E-state index < -0.39 is 42.4 Å². The molecule has 9 heterocycles. The predicted octanol–water partition coefficient (Wildman–Crippen LogP) is 11.5. The predicted molar refractivity (Wildman–Crippen MR) is 402 cm³/mol. The van der Waals surface area contributed by atoms with E-state index in [1.54, 1.807) is 40.9 Å². The molecule has 3 saturated heterocycles. The summed E-state index contributed by atoms with van der Waals surface area (Å²) in [7, 11) is 1.33. The van der Waals surface area contributed by atoms with Crippen LogP contribution in [0.4, 0.5) is 0 Å². The minimum Gasteiger partial charge on any atom is -0.465 e. The number of aliphatic hydroxyl groups excluding tert-OH is 3. The average molecular weight is 1500 g/mol. The van der Waals surface area contributed by atoms with E-state index in [1.807, 2.05) is 142 Å². The van der Waals surface area contributed by atoms with Gasteiger partial charge < -0.3 is 51.0 Å². The lowest BCUT2D eigenvalue weighted by Crippen LogP contribution is -2.47. The zero-order valence-corrected chi connectivity index (χ0v) is 61.2. The molecule has 0 bridgehead atoms. The van der Waals surface area contributed by atoms with E-state index in [1.165, 1.54) is 24.0 Å². The first-order valence-electron chi connectivity index (χ1n) is 33.4. The number of nitrogens with zero attached hydrogens (tertiary/aromatic N) is 9. The van der Waals surface area contributed by atoms with Crippen molar-refractivity contribution in [3.63, 3.8) is 0 Å². The smallest absolute Gasteiger partial charge is 0.337 e. The number of thiazole rings is 3. The molecule has 12 aromatic rings. The molecule has 0 aliphatic carbocycles. The third-order valence-corrected chi connectivity index (χ3v) is 22.0. The Balaban J connectivity index is 0.000000138. The highest BCUT2D eigenvalue weighted by atomic mass is 35.5. The summed E-state index contributed by atoms with van der Waals surface area (Å²) >= 11 is 22.6. The fraction of sp³-hybridized carbons (Fsp3) is 0.297. The van der Waals surface area contributed by atoms with Crippen molar-refractivity contribution in [1.82, 2.24) is 75.5 Å². The number of ether oxygens (including phenoxy) is 1. The van der Waals surface area contributed by atoms with Crippen molar-refractivity contribution in [2.75, 3.05) is 26.7 Å². The summed E-state index contributed by atoms with van der Waals surface area (Å²) < 4.78 is 4.75. The van der Waals surface area contributed by atoms with Gasteiger partial charge in [-0.05, 0) is 130 Å². The van der Waals surface area contributed by atoms with Crippen LogP contribution in [0.25, 0.3) is 64.8 Å². The molecule has 0 spiro atoms. The number of benzene rings is 6. The van der Waals surface area contributed by atoms with Gasteiger partial charge in [-0.1, -0.05) is 83.3 Å². The van der Waals surface area contributed by atoms with Crippen LogP contribution in [0.2, 0.25) is 15.1 Å². The van der Waals surface area contributed by atoms with E-state index in [9.17, 15) is 34.5 Å². The van der Waals surface area contributed by atoms with Crippen LogP contribution in [0, 0.1) is 20.8 Å². The highest BCUT2D eigenvalue weighted by molar-refractivity contribution is 7.13. The molecule has 29 heteroatoms. The lowest BCUT2D eigenvalue weighted by Gasteiger charge is -2.24. The molecular weight excluding hydrogens is 1430 g/mol. The molecule has 6 aromatic heterocycles. The van der Waals surface area contributed by atoms with Crippen molar-refractivity contribution in [2.45, 2.75) is 116 Å². The van der Waals surface area contributed by atoms with E-state index in [0.717, 1.165) is 82.0 Å². The van der Waals surface area contributed by atoms with E-state index in [2.05, 4.69) is 58.8 Å². The van der Waals surface area contributed by atoms with Gasteiger partial charge in [-0.3, -0.25) is 29.1 Å². The summed E-state index contributed by atoms with van der Waals surface area (Å²) in [5.41, 5.74) is 14.5. The first kappa shape index (κ1) is 72.5. The second-order valence-electron chi connectivity index (χ2n) is 25.6. The molecule has 3 aliphatic heterocycles. The Morgan fingerprint density at radius 3 is 1.27 bits per heavy atom. The van der Waals surface area contributed by atoms with Crippen LogP contribution in [0.3, 0.4) is 0 Å². The number of rotatable bonds is 19. The summed E-state index contributed by atoms with van der Waals surface area (Å²) in [5, 5.41) is 51.1. The van der Waals surface area contributed by atoms with Gasteiger partial charge in [-0.15, -0.1) is 34.0 Å². The Morgan fingerprint density at radius 1 is 0.485 bits per heavy atom. The van der Waals surface area contributed by atoms with E-state index in [0.29, 0.717) is 108 Å². The SMILES string of the molecule is COC(=O)c1ccc2nc(CNC(=O)[C@@H]3[C@@H](O)CCN3Cc3csc(-c4ccc(Cl)cc4)n3)[nH]c2c1.Cc1ccc2[nH]c(CNC(=O)[C@@H]3[C@@H](O)CCN3Cc3csc(-c4ccc(Cl)cc4)n3)nc2c1C.Cc1ccc2nc(CNC(=O)[C@@H]3[C@@H](O)CCN3Cc3csc(-c4ccc(Cl)cc4)n3)[nH]c2c1. The number of amides is 3. The molecule has 6 atom stereocenters. The molecule has 15 rings (SSSR count). The van der Waals surface area contributed by atoms with Gasteiger partial charge in [0.05, 0.1) is 101 Å². The Kier molecular flexibility index (Phi) is 22.8. The van der Waals surface area contributed by atoms with Crippen LogP contribution in [0.15, 0.2) is 137 Å². The fourth-order valence-corrected chi connectivity index (χ4v) is 15.8. The maximum absolute atomic E-state index is 13.0. The number of fused-ring (bicyclic) bond motifs is 3. The largest absolute Gasteiger partial charge is 0.465 e. The highest BCUT2D eigenvalue weighted by Gasteiger charge is 2.41. The molecule has 0 radical (unpaired) electrons. The van der Waals surface area contributed by atoms with Gasteiger partial charge >= 0.3 is 5.97 Å². The van der Waals surface area contributed by atoms with Crippen LogP contribution in [-0.4, -0.2) is 162 Å². The number of hydrogen-bond acceptors (Lipinski definition) is 20. The van der Waals surface area contributed by atoms with E-state index in [4.69, 9.17) is 54.5 Å². The van der Waals surface area contributed by atoms with Gasteiger partial charge in [0, 0.05) is 87.2 Å². The highest BCUT2D eigenvalue weighted by Crippen LogP contribution is 2.32. The number of aryl methyl sites for hydroxylation is 3. The number of aromatic amines is 3. The van der Waals surface area contributed by atoms with Gasteiger partial charge in [-0.2, -0.15) is 0 Å². The molecular formula is C74H74Cl3N15O8S3. The van der Waals surface area contributed by atoms with Gasteiger partial charge in [0.1, 0.15) is 50.6 Å². The van der Waals surface area contributed by atoms with Crippen molar-refractivity contribution in [3.8, 4) is 31.7 Å². The first-order valence-corrected chi connectivity index (χ1v) is 37.2. The summed E-state index contributed by atoms with van der Waals surface area (Å²) in [6.45, 7) is 10.2. The topological polar surface area (TPSA) is 309 Å². The van der Waals surface area contributed by atoms with Gasteiger partial charge in [0.25, 0.3) is 0 Å². The minimum absolute atomic E-state index is 0.162. The third-order valence-electron chi connectivity index (χ3n) is 18.4. The maximum atomic E-state index is 13.0. The Hall–Kier alpha value is -8.87. The van der Waals surface area contributed by atoms with Crippen LogP contribution >= 0.6 is 68.8 Å². The number of nitrogens with one attached hydrogen (secondary N) is 6. The standard InChI is InChI=1S/C25H24ClN5O4S.C25H26ClN5O2S.C24H24ClN5O2S/c1-35-25(34)15-4-7-18-19(10-15)30-21(29-18)11-27-23(33)22-20(32)8-9-31(22)12-17-13-36-24(28-17)14-2-5-16(26)6-3-14;1-14-3-8-19-22(15(14)2)30-21(29-19)11-27-24(33)23-20(32)9-10-31(23)12-18-13-34-25(28-18)16-4-6-17(26)7-5-16;1-14-2-7-18-19(10-14)29-21(28-18)11-26-23(32)22-20(31)8-9-30(22)12-17-13-33-24(27-17)15-3-5-16(25)6-4-15/h2-7,10,13,20,22,32H,8-9,11-12H2,1H3,(H,27,33)(H,29,30);3-8,13,20,23,32H,9-12H2,1-2H3,(H,27,33)(H,29,30);2-7,10,13,20,22,31H,8-9,11-12H2,1H3,(H,26,32)(H,28,29)/t20-,22-;20-,23-;20-,22-/m000/s1. The number of aliphatic hydroxyl groups is 3. The Labute approximate surface area is 619 Å². The molecule has 23 nitrogen and oxygen atoms in total. The number of carbonyl (C=O) groups is 4. The quantitative estimate of drug-likeness (QED) is 0.0340. The third kappa shape index (κ3) is 17.4. The lowest BCUT2D eigenvalue weighted by molar-refractivity contribution is -0.129. The average Bonchev–Trinajstić information content (AvgIpc) is 1.69. The molecule has 0 unspecified atom stereocenters. The van der Waals surface area contributed by atoms with E-state index in [-0.39, 0.29) is 37.4 Å². The lowest BCUT2D eigenvalue weighted by atomic mass is 10.1. The van der Waals surface area contributed by atoms with Crippen molar-refractivity contribution in [3.05, 3.63) is 209 Å². The number of carbonyl (C=O) groups excluding carboxylic acids is 4. The van der Waals surface area contributed by atoms with Crippen molar-refractivity contribution in [1.29, 1.82) is 0 Å². The maximum Gasteiger partial charge on any atom is 0.337 e. The van der Waals surface area contributed by atoms with Gasteiger partial charge in [0.2, 0.25) is 17.7 Å². The number of H-pyrrole nitrogens is 3. The van der Waals surface area contributed by atoms with Crippen molar-refractivity contribution >= 4 is 126 Å².